The summed E-state index contributed by atoms with van der Waals surface area (Å²) in [6.07, 6.45) is 3.53. The van der Waals surface area contributed by atoms with Crippen molar-refractivity contribution in [3.05, 3.63) is 59.9 Å². The zero-order valence-corrected chi connectivity index (χ0v) is 10.2. The van der Waals surface area contributed by atoms with Gasteiger partial charge in [0.05, 0.1) is 11.4 Å². The second kappa shape index (κ2) is 4.63. The molecule has 4 heteroatoms. The van der Waals surface area contributed by atoms with Crippen LogP contribution < -0.4 is 0 Å². The quantitative estimate of drug-likeness (QED) is 0.757. The summed E-state index contributed by atoms with van der Waals surface area (Å²) in [5.74, 6) is 0. The van der Waals surface area contributed by atoms with E-state index in [1.54, 1.807) is 12.4 Å². The van der Waals surface area contributed by atoms with Gasteiger partial charge in [0.1, 0.15) is 0 Å². The van der Waals surface area contributed by atoms with E-state index < -0.39 is 0 Å². The lowest BCUT2D eigenvalue weighted by atomic mass is 10.1. The monoisotopic (exact) mass is 255 g/mol. The lowest BCUT2D eigenvalue weighted by molar-refractivity contribution is 1.10. The fraction of sp³-hybridized carbons (Fsp3) is 0. The van der Waals surface area contributed by atoms with E-state index >= 15 is 0 Å². The van der Waals surface area contributed by atoms with Crippen LogP contribution in [0.2, 0.25) is 5.02 Å². The highest BCUT2D eigenvalue weighted by molar-refractivity contribution is 6.33. The van der Waals surface area contributed by atoms with Crippen LogP contribution in [0.1, 0.15) is 0 Å². The predicted molar refractivity (Wildman–Crippen MR) is 72.3 cm³/mol. The van der Waals surface area contributed by atoms with E-state index in [1.807, 2.05) is 42.5 Å². The molecule has 3 nitrogen and oxygen atoms in total. The number of aromatic amines is 1. The van der Waals surface area contributed by atoms with Gasteiger partial charge in [-0.05, 0) is 24.3 Å². The van der Waals surface area contributed by atoms with Gasteiger partial charge in [0, 0.05) is 28.5 Å². The van der Waals surface area contributed by atoms with E-state index in [1.165, 1.54) is 0 Å². The Morgan fingerprint density at radius 3 is 2.72 bits per heavy atom. The van der Waals surface area contributed by atoms with Crippen LogP contribution in [0, 0.1) is 0 Å². The summed E-state index contributed by atoms with van der Waals surface area (Å²) in [5.41, 5.74) is 3.69. The van der Waals surface area contributed by atoms with Crippen LogP contribution >= 0.6 is 11.6 Å². The normalized spacial score (nSPS) is 10.5. The first-order valence-electron chi connectivity index (χ1n) is 5.55. The van der Waals surface area contributed by atoms with Crippen LogP contribution in [0.4, 0.5) is 0 Å². The van der Waals surface area contributed by atoms with E-state index in [0.29, 0.717) is 5.02 Å². The summed E-state index contributed by atoms with van der Waals surface area (Å²) >= 11 is 6.15. The summed E-state index contributed by atoms with van der Waals surface area (Å²) in [5, 5.41) is 7.99. The minimum atomic E-state index is 0.707. The summed E-state index contributed by atoms with van der Waals surface area (Å²) in [7, 11) is 0. The van der Waals surface area contributed by atoms with Crippen LogP contribution in [0.15, 0.2) is 54.9 Å². The minimum absolute atomic E-state index is 0.707. The molecule has 0 spiro atoms. The van der Waals surface area contributed by atoms with Gasteiger partial charge in [0.25, 0.3) is 0 Å². The van der Waals surface area contributed by atoms with Crippen molar-refractivity contribution < 1.29 is 0 Å². The number of halogens is 1. The van der Waals surface area contributed by atoms with Crippen molar-refractivity contribution in [3.63, 3.8) is 0 Å². The number of benzene rings is 1. The van der Waals surface area contributed by atoms with Gasteiger partial charge in [0.2, 0.25) is 0 Å². The highest BCUT2D eigenvalue weighted by Crippen LogP contribution is 2.28. The number of nitrogens with one attached hydrogen (secondary N) is 1. The second-order valence-electron chi connectivity index (χ2n) is 3.89. The molecule has 3 rings (SSSR count). The second-order valence-corrected chi connectivity index (χ2v) is 4.30. The maximum atomic E-state index is 6.15. The topological polar surface area (TPSA) is 41.6 Å². The Morgan fingerprint density at radius 1 is 1.06 bits per heavy atom. The Balaban J connectivity index is 2.03. The van der Waals surface area contributed by atoms with Crippen LogP contribution in [0.25, 0.3) is 22.5 Å². The molecule has 2 aromatic heterocycles. The third-order valence-corrected chi connectivity index (χ3v) is 3.03. The Bertz CT molecular complexity index is 662. The van der Waals surface area contributed by atoms with Crippen LogP contribution in [-0.2, 0) is 0 Å². The van der Waals surface area contributed by atoms with Gasteiger partial charge in [-0.1, -0.05) is 29.8 Å². The molecule has 18 heavy (non-hydrogen) atoms. The standard InChI is InChI=1S/C14H10ClN3/c15-12-6-2-1-5-11(12)14-8-13(17-18-14)10-4-3-7-16-9-10/h1-9H,(H,17,18). The molecule has 0 radical (unpaired) electrons. The third kappa shape index (κ3) is 2.00. The fourth-order valence-corrected chi connectivity index (χ4v) is 2.04. The van der Waals surface area contributed by atoms with Crippen LogP contribution in [0.5, 0.6) is 0 Å². The Morgan fingerprint density at radius 2 is 1.94 bits per heavy atom. The molecule has 0 aliphatic rings. The lowest BCUT2D eigenvalue weighted by Gasteiger charge is -1.98. The number of nitrogens with zero attached hydrogens (tertiary/aromatic N) is 2. The van der Waals surface area contributed by atoms with Crippen molar-refractivity contribution in [1.82, 2.24) is 15.2 Å². The molecule has 0 aliphatic heterocycles. The number of hydrogen-bond acceptors (Lipinski definition) is 2. The lowest BCUT2D eigenvalue weighted by Crippen LogP contribution is -1.78. The van der Waals surface area contributed by atoms with E-state index in [0.717, 1.165) is 22.5 Å². The first-order valence-corrected chi connectivity index (χ1v) is 5.93. The van der Waals surface area contributed by atoms with Gasteiger partial charge < -0.3 is 0 Å². The summed E-state index contributed by atoms with van der Waals surface area (Å²) in [6, 6.07) is 13.5. The number of aromatic nitrogens is 3. The highest BCUT2D eigenvalue weighted by atomic mass is 35.5. The largest absolute Gasteiger partial charge is 0.277 e. The molecule has 0 bridgehead atoms. The van der Waals surface area contributed by atoms with Crippen molar-refractivity contribution in [2.45, 2.75) is 0 Å². The van der Waals surface area contributed by atoms with E-state index in [2.05, 4.69) is 15.2 Å². The maximum absolute atomic E-state index is 6.15. The van der Waals surface area contributed by atoms with Gasteiger partial charge in [-0.25, -0.2) is 0 Å². The van der Waals surface area contributed by atoms with Crippen molar-refractivity contribution in [2.75, 3.05) is 0 Å². The molecule has 1 aromatic carbocycles. The molecule has 2 heterocycles. The molecule has 0 fully saturated rings. The first-order chi connectivity index (χ1) is 8.84. The minimum Gasteiger partial charge on any atom is -0.277 e. The third-order valence-electron chi connectivity index (χ3n) is 2.70. The Labute approximate surface area is 109 Å². The Kier molecular flexibility index (Phi) is 2.82. The number of hydrogen-bond donors (Lipinski definition) is 1. The molecule has 0 saturated heterocycles. The molecule has 0 atom stereocenters. The van der Waals surface area contributed by atoms with Crippen molar-refractivity contribution in [2.24, 2.45) is 0 Å². The number of pyridine rings is 1. The summed E-state index contributed by atoms with van der Waals surface area (Å²) in [6.45, 7) is 0. The first kappa shape index (κ1) is 11.0. The Hall–Kier alpha value is -2.13. The summed E-state index contributed by atoms with van der Waals surface area (Å²) < 4.78 is 0. The molecular weight excluding hydrogens is 246 g/mol. The molecule has 88 valence electrons. The molecule has 0 amide bonds. The number of rotatable bonds is 2. The SMILES string of the molecule is Clc1ccccc1-c1cc(-c2cccnc2)n[nH]1. The molecule has 0 unspecified atom stereocenters. The van der Waals surface area contributed by atoms with Gasteiger partial charge in [-0.15, -0.1) is 0 Å². The molecule has 0 saturated carbocycles. The average molecular weight is 256 g/mol. The molecule has 3 aromatic rings. The van der Waals surface area contributed by atoms with Crippen LogP contribution in [0.3, 0.4) is 0 Å². The average Bonchev–Trinajstić information content (AvgIpc) is 2.90. The summed E-state index contributed by atoms with van der Waals surface area (Å²) in [4.78, 5) is 4.08. The van der Waals surface area contributed by atoms with E-state index in [9.17, 15) is 0 Å². The van der Waals surface area contributed by atoms with Crippen LogP contribution in [-0.4, -0.2) is 15.2 Å². The zero-order valence-electron chi connectivity index (χ0n) is 9.47. The van der Waals surface area contributed by atoms with Gasteiger partial charge in [0.15, 0.2) is 0 Å². The van der Waals surface area contributed by atoms with E-state index in [-0.39, 0.29) is 0 Å². The van der Waals surface area contributed by atoms with Gasteiger partial charge in [-0.2, -0.15) is 5.10 Å². The molecular formula is C14H10ClN3. The fourth-order valence-electron chi connectivity index (χ4n) is 1.80. The van der Waals surface area contributed by atoms with Crippen molar-refractivity contribution in [1.29, 1.82) is 0 Å². The van der Waals surface area contributed by atoms with Gasteiger partial charge >= 0.3 is 0 Å². The number of H-pyrrole nitrogens is 1. The van der Waals surface area contributed by atoms with E-state index in [4.69, 9.17) is 11.6 Å². The zero-order chi connectivity index (χ0) is 12.4. The highest BCUT2D eigenvalue weighted by Gasteiger charge is 2.07. The predicted octanol–water partition coefficient (Wildman–Crippen LogP) is 3.79. The van der Waals surface area contributed by atoms with Crippen molar-refractivity contribution in [3.8, 4) is 22.5 Å². The molecule has 1 N–H and O–H groups in total. The van der Waals surface area contributed by atoms with Gasteiger partial charge in [-0.3, -0.25) is 10.1 Å². The maximum Gasteiger partial charge on any atom is 0.0942 e. The van der Waals surface area contributed by atoms with Crippen molar-refractivity contribution >= 4 is 11.6 Å². The smallest absolute Gasteiger partial charge is 0.0942 e. The molecule has 0 aliphatic carbocycles.